The molecule has 0 saturated heterocycles. The van der Waals surface area contributed by atoms with Gasteiger partial charge in [0.25, 0.3) is 0 Å². The minimum atomic E-state index is 1.19. The lowest BCUT2D eigenvalue weighted by Gasteiger charge is -2.16. The van der Waals surface area contributed by atoms with E-state index in [4.69, 9.17) is 0 Å². The number of hydrogen-bond acceptors (Lipinski definition) is 0. The van der Waals surface area contributed by atoms with Crippen molar-refractivity contribution in [2.75, 3.05) is 0 Å². The normalized spacial score (nSPS) is 12.1. The Morgan fingerprint density at radius 3 is 1.43 bits per heavy atom. The highest BCUT2D eigenvalue weighted by molar-refractivity contribution is 6.18. The molecule has 0 atom stereocenters. The lowest BCUT2D eigenvalue weighted by Crippen LogP contribution is -1.98. The molecule has 10 aromatic carbocycles. The van der Waals surface area contributed by atoms with E-state index in [2.05, 4.69) is 215 Å². The van der Waals surface area contributed by atoms with Gasteiger partial charge in [0.1, 0.15) is 0 Å². The van der Waals surface area contributed by atoms with Gasteiger partial charge in [-0.1, -0.05) is 152 Å². The molecule has 268 valence electrons. The molecular formula is C56H34N2. The van der Waals surface area contributed by atoms with Crippen LogP contribution in [0, 0.1) is 0 Å². The van der Waals surface area contributed by atoms with Crippen LogP contribution in [0.25, 0.3) is 121 Å². The van der Waals surface area contributed by atoms with Crippen molar-refractivity contribution < 1.29 is 0 Å². The Kier molecular flexibility index (Phi) is 6.47. The van der Waals surface area contributed by atoms with Crippen molar-refractivity contribution in [3.63, 3.8) is 0 Å². The van der Waals surface area contributed by atoms with Crippen LogP contribution in [0.2, 0.25) is 0 Å². The van der Waals surface area contributed by atoms with Gasteiger partial charge in [0, 0.05) is 38.2 Å². The second kappa shape index (κ2) is 11.9. The molecule has 0 amide bonds. The molecule has 3 heterocycles. The van der Waals surface area contributed by atoms with Crippen LogP contribution in [0.3, 0.4) is 0 Å². The molecule has 1 aliphatic rings. The zero-order valence-electron chi connectivity index (χ0n) is 31.5. The van der Waals surface area contributed by atoms with Crippen LogP contribution in [0.5, 0.6) is 0 Å². The third-order valence-corrected chi connectivity index (χ3v) is 12.6. The molecule has 2 heteroatoms. The smallest absolute Gasteiger partial charge is 0.0619 e. The van der Waals surface area contributed by atoms with E-state index in [1.54, 1.807) is 0 Å². The maximum Gasteiger partial charge on any atom is 0.0619 e. The molecule has 2 nitrogen and oxygen atoms in total. The molecule has 0 fully saturated rings. The van der Waals surface area contributed by atoms with Gasteiger partial charge in [-0.2, -0.15) is 0 Å². The molecule has 0 N–H and O–H groups in total. The minimum Gasteiger partial charge on any atom is -0.309 e. The number of hydrogen-bond donors (Lipinski definition) is 0. The van der Waals surface area contributed by atoms with Crippen molar-refractivity contribution in [2.24, 2.45) is 0 Å². The lowest BCUT2D eigenvalue weighted by molar-refractivity contribution is 1.19. The van der Waals surface area contributed by atoms with Crippen molar-refractivity contribution in [3.05, 3.63) is 206 Å². The number of nitrogens with zero attached hydrogens (tertiary/aromatic N) is 2. The zero-order valence-corrected chi connectivity index (χ0v) is 31.5. The average molecular weight is 735 g/mol. The van der Waals surface area contributed by atoms with E-state index in [9.17, 15) is 0 Å². The van der Waals surface area contributed by atoms with E-state index < -0.39 is 0 Å². The summed E-state index contributed by atoms with van der Waals surface area (Å²) in [5, 5.41) is 10.0. The SMILES string of the molecule is c1ccc(-c2cc3ccccc3cc2-n2c3ccccc3c3cc(-c4ccc5c(c4)c4cccc6c4n5-c4cc5ccccc5cc4-c4ccccc4-6)ccc32)cc1. The van der Waals surface area contributed by atoms with Crippen LogP contribution < -0.4 is 0 Å². The summed E-state index contributed by atoms with van der Waals surface area (Å²) >= 11 is 0. The van der Waals surface area contributed by atoms with Crippen molar-refractivity contribution in [3.8, 4) is 55.9 Å². The summed E-state index contributed by atoms with van der Waals surface area (Å²) in [6.45, 7) is 0. The number of rotatable bonds is 3. The van der Waals surface area contributed by atoms with Gasteiger partial charge in [0.2, 0.25) is 0 Å². The molecule has 58 heavy (non-hydrogen) atoms. The molecule has 0 aliphatic carbocycles. The first-order valence-electron chi connectivity index (χ1n) is 20.1. The van der Waals surface area contributed by atoms with E-state index in [1.807, 2.05) is 0 Å². The fourth-order valence-electron chi connectivity index (χ4n) is 9.97. The van der Waals surface area contributed by atoms with Crippen molar-refractivity contribution in [1.82, 2.24) is 9.13 Å². The van der Waals surface area contributed by atoms with Crippen molar-refractivity contribution in [2.45, 2.75) is 0 Å². The lowest BCUT2D eigenvalue weighted by atomic mass is 9.92. The average Bonchev–Trinajstić information content (AvgIpc) is 3.76. The van der Waals surface area contributed by atoms with Crippen LogP contribution in [-0.4, -0.2) is 9.13 Å². The number of fused-ring (bicyclic) bond motifs is 13. The predicted molar refractivity (Wildman–Crippen MR) is 245 cm³/mol. The van der Waals surface area contributed by atoms with Crippen LogP contribution in [0.15, 0.2) is 206 Å². The molecule has 0 unspecified atom stereocenters. The van der Waals surface area contributed by atoms with Gasteiger partial charge in [-0.15, -0.1) is 0 Å². The summed E-state index contributed by atoms with van der Waals surface area (Å²) in [7, 11) is 0. The molecule has 0 saturated carbocycles. The van der Waals surface area contributed by atoms with Crippen LogP contribution in [0.1, 0.15) is 0 Å². The predicted octanol–water partition coefficient (Wildman–Crippen LogP) is 15.2. The molecule has 1 aliphatic heterocycles. The summed E-state index contributed by atoms with van der Waals surface area (Å²) in [5.74, 6) is 0. The number of para-hydroxylation sites is 2. The van der Waals surface area contributed by atoms with E-state index >= 15 is 0 Å². The van der Waals surface area contributed by atoms with Crippen molar-refractivity contribution in [1.29, 1.82) is 0 Å². The molecule has 13 rings (SSSR count). The van der Waals surface area contributed by atoms with E-state index in [1.165, 1.54) is 121 Å². The maximum absolute atomic E-state index is 2.52. The van der Waals surface area contributed by atoms with Crippen LogP contribution >= 0.6 is 0 Å². The Hall–Kier alpha value is -7.68. The third kappa shape index (κ3) is 4.43. The highest BCUT2D eigenvalue weighted by atomic mass is 15.0. The Morgan fingerprint density at radius 1 is 0.241 bits per heavy atom. The van der Waals surface area contributed by atoms with Gasteiger partial charge >= 0.3 is 0 Å². The first-order chi connectivity index (χ1) is 28.8. The summed E-state index contributed by atoms with van der Waals surface area (Å²) in [5.41, 5.74) is 17.2. The van der Waals surface area contributed by atoms with Crippen LogP contribution in [0.4, 0.5) is 0 Å². The molecular weight excluding hydrogens is 701 g/mol. The topological polar surface area (TPSA) is 9.86 Å². The maximum atomic E-state index is 2.52. The van der Waals surface area contributed by atoms with Gasteiger partial charge in [-0.25, -0.2) is 0 Å². The largest absolute Gasteiger partial charge is 0.309 e. The Morgan fingerprint density at radius 2 is 0.724 bits per heavy atom. The fourth-order valence-corrected chi connectivity index (χ4v) is 9.97. The van der Waals surface area contributed by atoms with Gasteiger partial charge in [-0.05, 0) is 104 Å². The Balaban J connectivity index is 1.04. The summed E-state index contributed by atoms with van der Waals surface area (Å²) in [4.78, 5) is 0. The molecule has 2 aromatic heterocycles. The second-order valence-corrected chi connectivity index (χ2v) is 15.7. The Labute approximate surface area is 335 Å². The quantitative estimate of drug-likeness (QED) is 0.171. The monoisotopic (exact) mass is 734 g/mol. The first kappa shape index (κ1) is 31.5. The van der Waals surface area contributed by atoms with E-state index in [0.717, 1.165) is 0 Å². The van der Waals surface area contributed by atoms with Crippen molar-refractivity contribution >= 4 is 65.2 Å². The molecule has 0 radical (unpaired) electrons. The van der Waals surface area contributed by atoms with E-state index in [0.29, 0.717) is 0 Å². The number of aromatic nitrogens is 2. The number of benzene rings is 10. The highest BCUT2D eigenvalue weighted by Gasteiger charge is 2.25. The molecule has 0 spiro atoms. The molecule has 12 aromatic rings. The minimum absolute atomic E-state index is 1.19. The van der Waals surface area contributed by atoms with Gasteiger partial charge < -0.3 is 9.13 Å². The standard InChI is InChI=1S/C56H34N2/c1-2-13-35(14-3-1)47-29-36-15-4-6-17-38(36)33-54(47)57-51-24-11-10-21-44(51)49-31-40(25-27-52(49)57)41-26-28-53-50(32-41)46-23-12-22-45-42-19-8-9-20-43(42)48-30-37-16-5-7-18-39(37)34-55(48)58(53)56(45)46/h1-34H. The first-order valence-corrected chi connectivity index (χ1v) is 20.1. The second-order valence-electron chi connectivity index (χ2n) is 15.7. The summed E-state index contributed by atoms with van der Waals surface area (Å²) < 4.78 is 5.00. The van der Waals surface area contributed by atoms with Gasteiger partial charge in [0.15, 0.2) is 0 Å². The summed E-state index contributed by atoms with van der Waals surface area (Å²) in [6.07, 6.45) is 0. The van der Waals surface area contributed by atoms with E-state index in [-0.39, 0.29) is 0 Å². The fraction of sp³-hybridized carbons (Fsp3) is 0. The molecule has 0 bridgehead atoms. The van der Waals surface area contributed by atoms with Crippen LogP contribution in [-0.2, 0) is 0 Å². The Bertz CT molecular complexity index is 3670. The van der Waals surface area contributed by atoms with Gasteiger partial charge in [0.05, 0.1) is 33.4 Å². The summed E-state index contributed by atoms with van der Waals surface area (Å²) in [6, 6.07) is 76.5. The van der Waals surface area contributed by atoms with Gasteiger partial charge in [-0.3, -0.25) is 0 Å². The highest BCUT2D eigenvalue weighted by Crippen LogP contribution is 2.48. The third-order valence-electron chi connectivity index (χ3n) is 12.6. The zero-order chi connectivity index (χ0) is 37.9.